The lowest BCUT2D eigenvalue weighted by atomic mass is 10.0. The van der Waals surface area contributed by atoms with Crippen LogP contribution in [0.5, 0.6) is 0 Å². The van der Waals surface area contributed by atoms with Gasteiger partial charge in [-0.3, -0.25) is 14.4 Å². The minimum Gasteiger partial charge on any atom is -0.462 e. The first-order valence-electron chi connectivity index (χ1n) is 30.4. The zero-order chi connectivity index (χ0) is 51.4. The zero-order valence-corrected chi connectivity index (χ0v) is 47.0. The van der Waals surface area contributed by atoms with E-state index >= 15 is 0 Å². The number of esters is 3. The maximum absolute atomic E-state index is 12.8. The first kappa shape index (κ1) is 67.8. The van der Waals surface area contributed by atoms with E-state index in [1.165, 1.54) is 154 Å². The Balaban J connectivity index is 4.21. The second-order valence-corrected chi connectivity index (χ2v) is 20.2. The monoisotopic (exact) mass is 991 g/mol. The summed E-state index contributed by atoms with van der Waals surface area (Å²) in [5.74, 6) is -0.882. The SMILES string of the molecule is CC/C=C\C/C=C\C/C=C\C/C=C\CCCCCCCCCCCCCCCCC(=O)OCC(COC(=O)CCCCCCCCCCCC)OC(=O)CCCCCCC/C=C\C/C=C\CCCCCC. The highest BCUT2D eigenvalue weighted by atomic mass is 16.6. The van der Waals surface area contributed by atoms with Crippen LogP contribution in [-0.4, -0.2) is 37.2 Å². The molecule has 0 heterocycles. The minimum atomic E-state index is -0.780. The lowest BCUT2D eigenvalue weighted by Gasteiger charge is -2.18. The molecular weight excluding hydrogens is 877 g/mol. The van der Waals surface area contributed by atoms with Gasteiger partial charge < -0.3 is 14.2 Å². The summed E-state index contributed by atoms with van der Waals surface area (Å²) < 4.78 is 16.9. The number of rotatable bonds is 55. The van der Waals surface area contributed by atoms with Gasteiger partial charge in [0.2, 0.25) is 0 Å². The molecule has 0 fully saturated rings. The van der Waals surface area contributed by atoms with Gasteiger partial charge in [-0.25, -0.2) is 0 Å². The molecular formula is C65H114O6. The van der Waals surface area contributed by atoms with Gasteiger partial charge in [0.05, 0.1) is 0 Å². The van der Waals surface area contributed by atoms with Crippen LogP contribution in [-0.2, 0) is 28.6 Å². The van der Waals surface area contributed by atoms with Crippen LogP contribution in [0.4, 0.5) is 0 Å². The molecule has 0 aliphatic rings. The van der Waals surface area contributed by atoms with E-state index in [0.29, 0.717) is 19.3 Å². The van der Waals surface area contributed by atoms with E-state index in [9.17, 15) is 14.4 Å². The van der Waals surface area contributed by atoms with Gasteiger partial charge in [-0.15, -0.1) is 0 Å². The van der Waals surface area contributed by atoms with Crippen molar-refractivity contribution >= 4 is 17.9 Å². The van der Waals surface area contributed by atoms with E-state index in [-0.39, 0.29) is 31.1 Å². The van der Waals surface area contributed by atoms with Crippen molar-refractivity contribution in [1.82, 2.24) is 0 Å². The summed E-state index contributed by atoms with van der Waals surface area (Å²) in [5, 5.41) is 0. The van der Waals surface area contributed by atoms with Gasteiger partial charge in [-0.2, -0.15) is 0 Å². The fourth-order valence-corrected chi connectivity index (χ4v) is 8.64. The molecule has 0 amide bonds. The summed E-state index contributed by atoms with van der Waals surface area (Å²) in [6.45, 7) is 6.51. The number of hydrogen-bond acceptors (Lipinski definition) is 6. The molecule has 6 nitrogen and oxygen atoms in total. The molecule has 0 radical (unpaired) electrons. The van der Waals surface area contributed by atoms with Gasteiger partial charge in [0.25, 0.3) is 0 Å². The fourth-order valence-electron chi connectivity index (χ4n) is 8.64. The molecule has 6 heteroatoms. The molecule has 0 spiro atoms. The summed E-state index contributed by atoms with van der Waals surface area (Å²) in [6.07, 6.45) is 76.2. The Labute approximate surface area is 440 Å². The Morgan fingerprint density at radius 2 is 0.549 bits per heavy atom. The smallest absolute Gasteiger partial charge is 0.306 e. The molecule has 0 saturated heterocycles. The second kappa shape index (κ2) is 59.4. The number of hydrogen-bond donors (Lipinski definition) is 0. The molecule has 1 atom stereocenters. The third-order valence-corrected chi connectivity index (χ3v) is 13.2. The molecule has 0 bridgehead atoms. The van der Waals surface area contributed by atoms with Crippen molar-refractivity contribution in [1.29, 1.82) is 0 Å². The van der Waals surface area contributed by atoms with Crippen molar-refractivity contribution in [2.24, 2.45) is 0 Å². The maximum atomic E-state index is 12.8. The Morgan fingerprint density at radius 1 is 0.296 bits per heavy atom. The first-order chi connectivity index (χ1) is 35.0. The molecule has 0 aromatic rings. The number of allylic oxidation sites excluding steroid dienone is 12. The summed E-state index contributed by atoms with van der Waals surface area (Å²) >= 11 is 0. The van der Waals surface area contributed by atoms with Crippen molar-refractivity contribution in [2.75, 3.05) is 13.2 Å². The summed E-state index contributed by atoms with van der Waals surface area (Å²) in [5.41, 5.74) is 0. The van der Waals surface area contributed by atoms with E-state index < -0.39 is 6.10 Å². The van der Waals surface area contributed by atoms with E-state index in [0.717, 1.165) is 109 Å². The van der Waals surface area contributed by atoms with Crippen LogP contribution in [0, 0.1) is 0 Å². The molecule has 0 rings (SSSR count). The van der Waals surface area contributed by atoms with Crippen LogP contribution in [0.3, 0.4) is 0 Å². The van der Waals surface area contributed by atoms with Gasteiger partial charge in [-0.1, -0.05) is 267 Å². The van der Waals surface area contributed by atoms with Crippen LogP contribution in [0.15, 0.2) is 72.9 Å². The van der Waals surface area contributed by atoms with E-state index in [1.807, 2.05) is 0 Å². The number of unbranched alkanes of at least 4 members (excludes halogenated alkanes) is 32. The Kier molecular flexibility index (Phi) is 56.8. The lowest BCUT2D eigenvalue weighted by molar-refractivity contribution is -0.167. The standard InChI is InChI=1S/C65H114O6/c1-4-7-10-13-16-19-22-24-26-28-29-30-31-32-33-34-35-36-37-38-40-41-43-46-49-52-55-58-64(67)70-61-62(60-69-63(66)57-54-51-48-45-21-18-15-12-9-6-3)71-65(68)59-56-53-50-47-44-42-39-27-25-23-20-17-14-11-8-5-2/h7,10,16,19-20,23-24,26-27,29-30,39,62H,4-6,8-9,11-15,17-18,21-22,25,28,31-38,40-61H2,1-3H3/b10-7-,19-16-,23-20-,26-24-,30-29-,39-27-. The number of carbonyl (C=O) groups excluding carboxylic acids is 3. The van der Waals surface area contributed by atoms with Crippen LogP contribution in [0.1, 0.15) is 303 Å². The normalized spacial score (nSPS) is 12.5. The van der Waals surface area contributed by atoms with Gasteiger partial charge in [0, 0.05) is 19.3 Å². The fraction of sp³-hybridized carbons (Fsp3) is 0.769. The molecule has 0 aromatic heterocycles. The van der Waals surface area contributed by atoms with Crippen molar-refractivity contribution in [3.8, 4) is 0 Å². The third-order valence-electron chi connectivity index (χ3n) is 13.2. The van der Waals surface area contributed by atoms with Crippen molar-refractivity contribution in [3.63, 3.8) is 0 Å². The van der Waals surface area contributed by atoms with Gasteiger partial charge in [-0.05, 0) is 89.9 Å². The predicted molar refractivity (Wildman–Crippen MR) is 307 cm³/mol. The highest BCUT2D eigenvalue weighted by molar-refractivity contribution is 5.71. The van der Waals surface area contributed by atoms with Crippen LogP contribution in [0.25, 0.3) is 0 Å². The van der Waals surface area contributed by atoms with Crippen molar-refractivity contribution in [2.45, 2.75) is 309 Å². The Bertz CT molecular complexity index is 1320. The topological polar surface area (TPSA) is 78.9 Å². The summed E-state index contributed by atoms with van der Waals surface area (Å²) in [7, 11) is 0. The molecule has 0 N–H and O–H groups in total. The Morgan fingerprint density at radius 3 is 0.873 bits per heavy atom. The van der Waals surface area contributed by atoms with Crippen molar-refractivity contribution in [3.05, 3.63) is 72.9 Å². The lowest BCUT2D eigenvalue weighted by Crippen LogP contribution is -2.30. The maximum Gasteiger partial charge on any atom is 0.306 e. The minimum absolute atomic E-state index is 0.0777. The Hall–Kier alpha value is -3.15. The largest absolute Gasteiger partial charge is 0.462 e. The molecule has 71 heavy (non-hydrogen) atoms. The molecule has 0 aliphatic heterocycles. The van der Waals surface area contributed by atoms with Gasteiger partial charge in [0.1, 0.15) is 13.2 Å². The molecule has 410 valence electrons. The van der Waals surface area contributed by atoms with E-state index in [2.05, 4.69) is 93.7 Å². The molecule has 0 saturated carbocycles. The van der Waals surface area contributed by atoms with Gasteiger partial charge >= 0.3 is 17.9 Å². The molecule has 0 aliphatic carbocycles. The third kappa shape index (κ3) is 57.6. The van der Waals surface area contributed by atoms with Gasteiger partial charge in [0.15, 0.2) is 6.10 Å². The van der Waals surface area contributed by atoms with Crippen LogP contribution < -0.4 is 0 Å². The molecule has 0 aromatic carbocycles. The first-order valence-corrected chi connectivity index (χ1v) is 30.4. The van der Waals surface area contributed by atoms with Crippen LogP contribution in [0.2, 0.25) is 0 Å². The van der Waals surface area contributed by atoms with E-state index in [1.54, 1.807) is 0 Å². The zero-order valence-electron chi connectivity index (χ0n) is 47.0. The number of carbonyl (C=O) groups is 3. The van der Waals surface area contributed by atoms with E-state index in [4.69, 9.17) is 14.2 Å². The average molecular weight is 992 g/mol. The highest BCUT2D eigenvalue weighted by Crippen LogP contribution is 2.16. The van der Waals surface area contributed by atoms with Crippen LogP contribution >= 0.6 is 0 Å². The second-order valence-electron chi connectivity index (χ2n) is 20.2. The summed E-state index contributed by atoms with van der Waals surface area (Å²) in [4.78, 5) is 38.1. The van der Waals surface area contributed by atoms with Crippen molar-refractivity contribution < 1.29 is 28.6 Å². The number of ether oxygens (including phenoxy) is 3. The average Bonchev–Trinajstić information content (AvgIpc) is 3.37. The molecule has 1 unspecified atom stereocenters. The highest BCUT2D eigenvalue weighted by Gasteiger charge is 2.19. The quantitative estimate of drug-likeness (QED) is 0.0261. The predicted octanol–water partition coefficient (Wildman–Crippen LogP) is 20.5. The summed E-state index contributed by atoms with van der Waals surface area (Å²) in [6, 6.07) is 0.